The van der Waals surface area contributed by atoms with Gasteiger partial charge in [0.25, 0.3) is 5.91 Å². The number of nitrogens with zero attached hydrogens (tertiary/aromatic N) is 3. The van der Waals surface area contributed by atoms with Gasteiger partial charge in [0, 0.05) is 12.6 Å². The van der Waals surface area contributed by atoms with E-state index < -0.39 is 0 Å². The summed E-state index contributed by atoms with van der Waals surface area (Å²) in [6.07, 6.45) is 1.45. The molecule has 3 aromatic rings. The van der Waals surface area contributed by atoms with Gasteiger partial charge in [-0.1, -0.05) is 23.9 Å². The lowest BCUT2D eigenvalue weighted by Crippen LogP contribution is -2.19. The number of benzene rings is 2. The van der Waals surface area contributed by atoms with Gasteiger partial charge in [-0.3, -0.25) is 4.79 Å². The molecule has 1 aromatic heterocycles. The summed E-state index contributed by atoms with van der Waals surface area (Å²) in [4.78, 5) is 16.6. The number of para-hydroxylation sites is 2. The molecule has 0 spiro atoms. The van der Waals surface area contributed by atoms with Crippen molar-refractivity contribution in [1.29, 1.82) is 0 Å². The summed E-state index contributed by atoms with van der Waals surface area (Å²) < 4.78 is 12.1. The van der Waals surface area contributed by atoms with Gasteiger partial charge in [0.1, 0.15) is 0 Å². The predicted octanol–water partition coefficient (Wildman–Crippen LogP) is 2.54. The summed E-state index contributed by atoms with van der Waals surface area (Å²) in [5, 5.41) is 14.6. The molecule has 0 radical (unpaired) electrons. The Bertz CT molecular complexity index is 1010. The van der Waals surface area contributed by atoms with Crippen molar-refractivity contribution in [3.05, 3.63) is 42.0 Å². The molecule has 8 nitrogen and oxygen atoms in total. The van der Waals surface area contributed by atoms with E-state index in [0.29, 0.717) is 5.56 Å². The fourth-order valence-corrected chi connectivity index (χ4v) is 3.36. The number of hydrogen-bond acceptors (Lipinski definition) is 7. The summed E-state index contributed by atoms with van der Waals surface area (Å²) in [7, 11) is 4.80. The number of methoxy groups -OCH3 is 2. The minimum absolute atomic E-state index is 0.0926. The maximum absolute atomic E-state index is 12.1. The third-order valence-corrected chi connectivity index (χ3v) is 5.01. The van der Waals surface area contributed by atoms with E-state index in [2.05, 4.69) is 15.5 Å². The maximum atomic E-state index is 12.1. The largest absolute Gasteiger partial charge is 0.502 e. The molecule has 146 valence electrons. The molecule has 0 unspecified atom stereocenters. The number of aryl methyl sites for hydroxylation is 1. The quantitative estimate of drug-likeness (QED) is 0.359. The Morgan fingerprint density at radius 1 is 1.29 bits per heavy atom. The van der Waals surface area contributed by atoms with Gasteiger partial charge in [-0.25, -0.2) is 10.4 Å². The summed E-state index contributed by atoms with van der Waals surface area (Å²) in [6, 6.07) is 11.0. The van der Waals surface area contributed by atoms with Crippen molar-refractivity contribution in [3.63, 3.8) is 0 Å². The van der Waals surface area contributed by atoms with Crippen LogP contribution in [0.15, 0.2) is 46.7 Å². The highest BCUT2D eigenvalue weighted by molar-refractivity contribution is 7.99. The number of nitrogens with one attached hydrogen (secondary N) is 1. The van der Waals surface area contributed by atoms with Crippen LogP contribution in [-0.2, 0) is 11.8 Å². The van der Waals surface area contributed by atoms with Gasteiger partial charge in [-0.15, -0.1) is 0 Å². The summed E-state index contributed by atoms with van der Waals surface area (Å²) in [5.74, 6) is 0.335. The van der Waals surface area contributed by atoms with E-state index in [1.807, 2.05) is 35.9 Å². The Labute approximate surface area is 166 Å². The molecule has 0 aliphatic rings. The van der Waals surface area contributed by atoms with Crippen LogP contribution < -0.4 is 14.9 Å². The van der Waals surface area contributed by atoms with Crippen LogP contribution in [0, 0.1) is 0 Å². The first-order valence-corrected chi connectivity index (χ1v) is 9.33. The van der Waals surface area contributed by atoms with Crippen molar-refractivity contribution in [1.82, 2.24) is 15.0 Å². The number of ether oxygens (including phenoxy) is 2. The van der Waals surface area contributed by atoms with E-state index >= 15 is 0 Å². The first-order valence-electron chi connectivity index (χ1n) is 8.34. The van der Waals surface area contributed by atoms with Crippen molar-refractivity contribution >= 4 is 34.9 Å². The number of hydrogen-bond donors (Lipinski definition) is 2. The number of rotatable bonds is 7. The number of phenols is 1. The molecule has 0 saturated heterocycles. The van der Waals surface area contributed by atoms with E-state index in [9.17, 15) is 9.90 Å². The molecule has 1 amide bonds. The molecular formula is C19H20N4O4S. The standard InChI is InChI=1S/C19H20N4O4S/c1-23-14-7-5-4-6-13(14)21-19(23)28-11-17(24)22-20-10-12-8-15(26-2)18(25)16(9-12)27-3/h4-10,25H,11H2,1-3H3,(H,22,24)/b20-10+. The van der Waals surface area contributed by atoms with Gasteiger partial charge in [-0.05, 0) is 24.3 Å². The fourth-order valence-electron chi connectivity index (χ4n) is 2.58. The molecule has 2 N–H and O–H groups in total. The lowest BCUT2D eigenvalue weighted by Gasteiger charge is -2.09. The topological polar surface area (TPSA) is 98.0 Å². The third-order valence-electron chi connectivity index (χ3n) is 3.98. The summed E-state index contributed by atoms with van der Waals surface area (Å²) in [6.45, 7) is 0. The average Bonchev–Trinajstić information content (AvgIpc) is 3.03. The lowest BCUT2D eigenvalue weighted by molar-refractivity contribution is -0.118. The normalized spacial score (nSPS) is 11.1. The molecule has 9 heteroatoms. The van der Waals surface area contributed by atoms with E-state index in [0.717, 1.165) is 16.2 Å². The molecule has 0 aliphatic carbocycles. The van der Waals surface area contributed by atoms with Crippen LogP contribution in [-0.4, -0.2) is 46.8 Å². The van der Waals surface area contributed by atoms with Crippen molar-refractivity contribution in [2.45, 2.75) is 5.16 Å². The van der Waals surface area contributed by atoms with Crippen LogP contribution in [0.25, 0.3) is 11.0 Å². The van der Waals surface area contributed by atoms with Crippen LogP contribution in [0.4, 0.5) is 0 Å². The lowest BCUT2D eigenvalue weighted by atomic mass is 10.2. The Kier molecular flexibility index (Phi) is 6.05. The monoisotopic (exact) mass is 400 g/mol. The molecule has 3 rings (SSSR count). The van der Waals surface area contributed by atoms with E-state index in [1.165, 1.54) is 32.2 Å². The second kappa shape index (κ2) is 8.66. The van der Waals surface area contributed by atoms with Crippen LogP contribution >= 0.6 is 11.8 Å². The molecule has 2 aromatic carbocycles. The highest BCUT2D eigenvalue weighted by Crippen LogP contribution is 2.36. The smallest absolute Gasteiger partial charge is 0.250 e. The zero-order chi connectivity index (χ0) is 20.1. The molecule has 0 fully saturated rings. The Balaban J connectivity index is 1.60. The molecule has 0 aliphatic heterocycles. The number of hydrazone groups is 1. The number of aromatic hydroxyl groups is 1. The Morgan fingerprint density at radius 3 is 2.61 bits per heavy atom. The van der Waals surface area contributed by atoms with E-state index in [-0.39, 0.29) is 28.9 Å². The first-order chi connectivity index (χ1) is 13.5. The van der Waals surface area contributed by atoms with Crippen molar-refractivity contribution in [2.75, 3.05) is 20.0 Å². The van der Waals surface area contributed by atoms with Crippen LogP contribution in [0.2, 0.25) is 0 Å². The molecule has 1 heterocycles. The number of thioether (sulfide) groups is 1. The van der Waals surface area contributed by atoms with Gasteiger partial charge in [0.05, 0.1) is 37.2 Å². The number of carbonyl (C=O) groups excluding carboxylic acids is 1. The fraction of sp³-hybridized carbons (Fsp3) is 0.211. The first kappa shape index (κ1) is 19.6. The van der Waals surface area contributed by atoms with E-state index in [4.69, 9.17) is 9.47 Å². The molecule has 0 saturated carbocycles. The Hall–Kier alpha value is -3.20. The number of carbonyl (C=O) groups is 1. The second-order valence-corrected chi connectivity index (χ2v) is 6.74. The number of aromatic nitrogens is 2. The maximum Gasteiger partial charge on any atom is 0.250 e. The third kappa shape index (κ3) is 4.20. The number of amides is 1. The highest BCUT2D eigenvalue weighted by Gasteiger charge is 2.11. The molecule has 0 bridgehead atoms. The molecular weight excluding hydrogens is 380 g/mol. The van der Waals surface area contributed by atoms with Gasteiger partial charge in [0.15, 0.2) is 16.7 Å². The number of fused-ring (bicyclic) bond motifs is 1. The average molecular weight is 400 g/mol. The van der Waals surface area contributed by atoms with Gasteiger partial charge in [0.2, 0.25) is 5.75 Å². The van der Waals surface area contributed by atoms with Crippen LogP contribution in [0.3, 0.4) is 0 Å². The second-order valence-electron chi connectivity index (χ2n) is 5.80. The van der Waals surface area contributed by atoms with E-state index in [1.54, 1.807) is 12.1 Å². The van der Waals surface area contributed by atoms with Crippen molar-refractivity contribution in [2.24, 2.45) is 12.1 Å². The van der Waals surface area contributed by atoms with Crippen LogP contribution in [0.5, 0.6) is 17.2 Å². The van der Waals surface area contributed by atoms with Gasteiger partial charge < -0.3 is 19.1 Å². The zero-order valence-corrected chi connectivity index (χ0v) is 16.5. The number of phenolic OH excluding ortho intramolecular Hbond substituents is 1. The van der Waals surface area contributed by atoms with Gasteiger partial charge in [-0.2, -0.15) is 5.10 Å². The zero-order valence-electron chi connectivity index (χ0n) is 15.7. The SMILES string of the molecule is COc1cc(/C=N/NC(=O)CSc2nc3ccccc3n2C)cc(OC)c1O. The van der Waals surface area contributed by atoms with Crippen molar-refractivity contribution in [3.8, 4) is 17.2 Å². The van der Waals surface area contributed by atoms with Crippen molar-refractivity contribution < 1.29 is 19.4 Å². The minimum atomic E-state index is -0.258. The molecule has 0 atom stereocenters. The summed E-state index contributed by atoms with van der Waals surface area (Å²) >= 11 is 1.33. The van der Waals surface area contributed by atoms with Crippen LogP contribution in [0.1, 0.15) is 5.56 Å². The number of imidazole rings is 1. The highest BCUT2D eigenvalue weighted by atomic mass is 32.2. The Morgan fingerprint density at radius 2 is 1.96 bits per heavy atom. The predicted molar refractivity (Wildman–Crippen MR) is 108 cm³/mol. The van der Waals surface area contributed by atoms with Gasteiger partial charge >= 0.3 is 0 Å². The minimum Gasteiger partial charge on any atom is -0.502 e. The summed E-state index contributed by atoms with van der Waals surface area (Å²) in [5.41, 5.74) is 4.98. The molecule has 28 heavy (non-hydrogen) atoms.